The highest BCUT2D eigenvalue weighted by molar-refractivity contribution is 5.99. The van der Waals surface area contributed by atoms with Crippen LogP contribution in [0.5, 0.6) is 0 Å². The fourth-order valence-electron chi connectivity index (χ4n) is 2.93. The molecule has 0 aromatic heterocycles. The van der Waals surface area contributed by atoms with Crippen LogP contribution >= 0.6 is 0 Å². The lowest BCUT2D eigenvalue weighted by atomic mass is 10.0. The molecule has 1 aliphatic carbocycles. The molecular weight excluding hydrogens is 348 g/mol. The third-order valence-corrected chi connectivity index (χ3v) is 4.31. The highest BCUT2D eigenvalue weighted by Crippen LogP contribution is 2.23. The number of hydrogen-bond donors (Lipinski definition) is 2. The maximum atomic E-state index is 12.3. The third-order valence-electron chi connectivity index (χ3n) is 4.31. The highest BCUT2D eigenvalue weighted by Gasteiger charge is 2.21. The Balaban J connectivity index is 1.77. The Hall–Kier alpha value is -2.70. The number of imide groups is 1. The number of esters is 1. The lowest BCUT2D eigenvalue weighted by molar-refractivity contribution is -0.154. The zero-order chi connectivity index (χ0) is 20.0. The van der Waals surface area contributed by atoms with Crippen LogP contribution in [-0.4, -0.2) is 35.8 Å². The summed E-state index contributed by atoms with van der Waals surface area (Å²) in [5.41, 5.74) is 3.08. The van der Waals surface area contributed by atoms with Crippen LogP contribution in [0.3, 0.4) is 0 Å². The summed E-state index contributed by atoms with van der Waals surface area (Å²) in [6, 6.07) is 4.90. The van der Waals surface area contributed by atoms with E-state index in [1.165, 1.54) is 18.1 Å². The number of aryl methyl sites for hydroxylation is 2. The topological polar surface area (TPSA) is 102 Å². The van der Waals surface area contributed by atoms with Crippen LogP contribution in [0.4, 0.5) is 4.79 Å². The van der Waals surface area contributed by atoms with E-state index >= 15 is 0 Å². The van der Waals surface area contributed by atoms with Crippen LogP contribution in [0.25, 0.3) is 0 Å². The minimum Gasteiger partial charge on any atom is -0.453 e. The first-order chi connectivity index (χ1) is 12.8. The maximum Gasteiger partial charge on any atom is 0.321 e. The van der Waals surface area contributed by atoms with E-state index in [4.69, 9.17) is 4.74 Å². The number of benzene rings is 1. The number of urea groups is 1. The summed E-state index contributed by atoms with van der Waals surface area (Å²) >= 11 is 0. The number of ketones is 1. The predicted octanol–water partition coefficient (Wildman–Crippen LogP) is 2.30. The lowest BCUT2D eigenvalue weighted by Crippen LogP contribution is -2.46. The Bertz CT molecular complexity index is 742. The third kappa shape index (κ3) is 6.20. The van der Waals surface area contributed by atoms with Gasteiger partial charge in [-0.3, -0.25) is 19.7 Å². The number of rotatable bonds is 7. The molecule has 7 heteroatoms. The molecular formula is C20H26N2O5. The molecule has 1 atom stereocenters. The smallest absolute Gasteiger partial charge is 0.321 e. The van der Waals surface area contributed by atoms with Gasteiger partial charge in [0, 0.05) is 18.0 Å². The van der Waals surface area contributed by atoms with Gasteiger partial charge in [-0.1, -0.05) is 12.1 Å². The molecule has 7 nitrogen and oxygen atoms in total. The first-order valence-electron chi connectivity index (χ1n) is 9.22. The molecule has 0 heterocycles. The number of amides is 3. The molecule has 1 aliphatic rings. The summed E-state index contributed by atoms with van der Waals surface area (Å²) in [7, 11) is 0. The maximum absolute atomic E-state index is 12.3. The van der Waals surface area contributed by atoms with Crippen molar-refractivity contribution in [3.8, 4) is 0 Å². The van der Waals surface area contributed by atoms with Crippen LogP contribution in [0, 0.1) is 0 Å². The van der Waals surface area contributed by atoms with Crippen molar-refractivity contribution in [2.45, 2.75) is 65.0 Å². The normalized spacial score (nSPS) is 13.6. The molecule has 0 bridgehead atoms. The SMILES string of the molecule is CC(C)NC(=O)NC(=O)[C@H](C)OC(=O)CCC(=O)c1ccc2c(c1)CCC2. The van der Waals surface area contributed by atoms with Gasteiger partial charge in [-0.25, -0.2) is 4.79 Å². The van der Waals surface area contributed by atoms with Gasteiger partial charge < -0.3 is 10.1 Å². The summed E-state index contributed by atoms with van der Waals surface area (Å²) in [4.78, 5) is 47.5. The van der Waals surface area contributed by atoms with Crippen molar-refractivity contribution < 1.29 is 23.9 Å². The quantitative estimate of drug-likeness (QED) is 0.563. The number of ether oxygens (including phenoxy) is 1. The Kier molecular flexibility index (Phi) is 7.10. The highest BCUT2D eigenvalue weighted by atomic mass is 16.5. The van der Waals surface area contributed by atoms with E-state index < -0.39 is 24.0 Å². The number of nitrogens with one attached hydrogen (secondary N) is 2. The van der Waals surface area contributed by atoms with E-state index in [9.17, 15) is 19.2 Å². The summed E-state index contributed by atoms with van der Waals surface area (Å²) < 4.78 is 5.00. The van der Waals surface area contributed by atoms with Crippen LogP contribution in [0.15, 0.2) is 18.2 Å². The van der Waals surface area contributed by atoms with Crippen molar-refractivity contribution in [1.29, 1.82) is 0 Å². The molecule has 0 aliphatic heterocycles. The summed E-state index contributed by atoms with van der Waals surface area (Å²) in [5.74, 6) is -1.50. The Morgan fingerprint density at radius 3 is 2.44 bits per heavy atom. The molecule has 1 aromatic rings. The molecule has 0 radical (unpaired) electrons. The first kappa shape index (κ1) is 20.6. The molecule has 0 spiro atoms. The van der Waals surface area contributed by atoms with Crippen LogP contribution in [0.1, 0.15) is 61.5 Å². The average molecular weight is 374 g/mol. The van der Waals surface area contributed by atoms with E-state index in [0.717, 1.165) is 19.3 Å². The van der Waals surface area contributed by atoms with Crippen molar-refractivity contribution in [1.82, 2.24) is 10.6 Å². The summed E-state index contributed by atoms with van der Waals surface area (Å²) in [6.07, 6.45) is 1.91. The molecule has 146 valence electrons. The van der Waals surface area contributed by atoms with Gasteiger partial charge in [0.05, 0.1) is 6.42 Å². The molecule has 1 aromatic carbocycles. The molecule has 27 heavy (non-hydrogen) atoms. The van der Waals surface area contributed by atoms with Gasteiger partial charge in [-0.2, -0.15) is 0 Å². The fourth-order valence-corrected chi connectivity index (χ4v) is 2.93. The van der Waals surface area contributed by atoms with E-state index in [-0.39, 0.29) is 24.7 Å². The lowest BCUT2D eigenvalue weighted by Gasteiger charge is -2.14. The zero-order valence-corrected chi connectivity index (χ0v) is 16.0. The first-order valence-corrected chi connectivity index (χ1v) is 9.22. The van der Waals surface area contributed by atoms with Gasteiger partial charge in [0.15, 0.2) is 11.9 Å². The Morgan fingerprint density at radius 1 is 1.04 bits per heavy atom. The minimum absolute atomic E-state index is 0.0137. The van der Waals surface area contributed by atoms with E-state index in [1.54, 1.807) is 19.9 Å². The second kappa shape index (κ2) is 9.30. The summed E-state index contributed by atoms with van der Waals surface area (Å²) in [5, 5.41) is 4.60. The molecule has 3 amide bonds. The standard InChI is InChI=1S/C20H26N2O5/c1-12(2)21-20(26)22-19(25)13(3)27-18(24)10-9-17(23)16-8-7-14-5-4-6-15(14)11-16/h7-8,11-13H,4-6,9-10H2,1-3H3,(H2,21,22,25,26)/t13-/m0/s1. The minimum atomic E-state index is -1.12. The van der Waals surface area contributed by atoms with Gasteiger partial charge in [0.25, 0.3) is 5.91 Å². The predicted molar refractivity (Wildman–Crippen MR) is 99.4 cm³/mol. The molecule has 2 N–H and O–H groups in total. The molecule has 2 rings (SSSR count). The van der Waals surface area contributed by atoms with E-state index in [1.807, 2.05) is 12.1 Å². The van der Waals surface area contributed by atoms with Crippen molar-refractivity contribution in [2.75, 3.05) is 0 Å². The van der Waals surface area contributed by atoms with E-state index in [2.05, 4.69) is 10.6 Å². The number of carbonyl (C=O) groups excluding carboxylic acids is 4. The van der Waals surface area contributed by atoms with E-state index in [0.29, 0.717) is 5.56 Å². The zero-order valence-electron chi connectivity index (χ0n) is 16.0. The van der Waals surface area contributed by atoms with Gasteiger partial charge in [-0.05, 0) is 57.2 Å². The van der Waals surface area contributed by atoms with Crippen molar-refractivity contribution in [2.24, 2.45) is 0 Å². The number of carbonyl (C=O) groups is 4. The van der Waals surface area contributed by atoms with Crippen molar-refractivity contribution in [3.63, 3.8) is 0 Å². The van der Waals surface area contributed by atoms with Crippen molar-refractivity contribution in [3.05, 3.63) is 34.9 Å². The van der Waals surface area contributed by atoms with Crippen LogP contribution < -0.4 is 10.6 Å². The average Bonchev–Trinajstić information content (AvgIpc) is 3.06. The number of hydrogen-bond acceptors (Lipinski definition) is 5. The molecule has 0 saturated heterocycles. The van der Waals surface area contributed by atoms with Gasteiger partial charge in [0.1, 0.15) is 0 Å². The van der Waals surface area contributed by atoms with Gasteiger partial charge in [0.2, 0.25) is 0 Å². The molecule has 0 unspecified atom stereocenters. The van der Waals surface area contributed by atoms with Crippen molar-refractivity contribution >= 4 is 23.7 Å². The second-order valence-electron chi connectivity index (χ2n) is 7.01. The van der Waals surface area contributed by atoms with Crippen LogP contribution in [-0.2, 0) is 27.2 Å². The monoisotopic (exact) mass is 374 g/mol. The second-order valence-corrected chi connectivity index (χ2v) is 7.01. The number of fused-ring (bicyclic) bond motifs is 1. The van der Waals surface area contributed by atoms with Crippen LogP contribution in [0.2, 0.25) is 0 Å². The van der Waals surface area contributed by atoms with Gasteiger partial charge in [-0.15, -0.1) is 0 Å². The van der Waals surface area contributed by atoms with Gasteiger partial charge >= 0.3 is 12.0 Å². The largest absolute Gasteiger partial charge is 0.453 e. The fraction of sp³-hybridized carbons (Fsp3) is 0.500. The Morgan fingerprint density at radius 2 is 1.74 bits per heavy atom. The molecule has 0 saturated carbocycles. The summed E-state index contributed by atoms with van der Waals surface area (Å²) in [6.45, 7) is 4.88. The molecule has 0 fully saturated rings. The Labute approximate surface area is 158 Å². The number of Topliss-reactive ketones (excluding diaryl/α,β-unsaturated/α-hetero) is 1.